The first-order valence-electron chi connectivity index (χ1n) is 6.38. The summed E-state index contributed by atoms with van der Waals surface area (Å²) < 4.78 is 0.980. The molecular formula is C12H24N4OS2. The molecule has 2 N–H and O–H groups in total. The van der Waals surface area contributed by atoms with E-state index in [0.717, 1.165) is 21.6 Å². The molecule has 0 aliphatic rings. The van der Waals surface area contributed by atoms with Gasteiger partial charge in [-0.1, -0.05) is 36.9 Å². The number of hydrogen-bond donors (Lipinski definition) is 2. The zero-order valence-electron chi connectivity index (χ0n) is 12.3. The Labute approximate surface area is 123 Å². The van der Waals surface area contributed by atoms with Gasteiger partial charge < -0.3 is 15.3 Å². The maximum Gasteiger partial charge on any atom is 0.208 e. The highest BCUT2D eigenvalue weighted by molar-refractivity contribution is 8.01. The summed E-state index contributed by atoms with van der Waals surface area (Å²) in [5, 5.41) is 22.1. The van der Waals surface area contributed by atoms with Crippen LogP contribution in [0.3, 0.4) is 0 Å². The Bertz CT molecular complexity index is 384. The summed E-state index contributed by atoms with van der Waals surface area (Å²) in [6, 6.07) is 0.365. The van der Waals surface area contributed by atoms with Gasteiger partial charge in [-0.15, -0.1) is 10.2 Å². The Hall–Kier alpha value is -0.370. The van der Waals surface area contributed by atoms with Crippen LogP contribution in [0.4, 0.5) is 5.13 Å². The fourth-order valence-corrected chi connectivity index (χ4v) is 3.74. The summed E-state index contributed by atoms with van der Waals surface area (Å²) in [5.41, 5.74) is -0.226. The van der Waals surface area contributed by atoms with Crippen molar-refractivity contribution in [2.45, 2.75) is 43.1 Å². The van der Waals surface area contributed by atoms with E-state index in [-0.39, 0.29) is 12.1 Å². The first-order chi connectivity index (χ1) is 8.86. The largest absolute Gasteiger partial charge is 0.394 e. The third-order valence-corrected chi connectivity index (χ3v) is 4.87. The number of aliphatic hydroxyl groups excluding tert-OH is 1. The van der Waals surface area contributed by atoms with E-state index in [0.29, 0.717) is 6.04 Å². The Balaban J connectivity index is 2.43. The molecule has 1 atom stereocenters. The second kappa shape index (κ2) is 7.42. The fraction of sp³-hybridized carbons (Fsp3) is 0.833. The molecule has 0 saturated heterocycles. The molecule has 1 unspecified atom stereocenters. The second-order valence-corrected chi connectivity index (χ2v) is 7.66. The first-order valence-corrected chi connectivity index (χ1v) is 8.19. The van der Waals surface area contributed by atoms with Crippen LogP contribution in [-0.4, -0.2) is 53.3 Å². The molecule has 0 radical (unpaired) electrons. The van der Waals surface area contributed by atoms with Crippen LogP contribution in [0.1, 0.15) is 27.2 Å². The van der Waals surface area contributed by atoms with Crippen LogP contribution in [0.15, 0.2) is 4.34 Å². The molecule has 110 valence electrons. The van der Waals surface area contributed by atoms with Crippen molar-refractivity contribution in [2.75, 3.05) is 31.4 Å². The number of hydrogen-bond acceptors (Lipinski definition) is 7. The van der Waals surface area contributed by atoms with Crippen LogP contribution in [0.2, 0.25) is 0 Å². The van der Waals surface area contributed by atoms with Crippen LogP contribution in [0, 0.1) is 0 Å². The number of nitrogens with zero attached hydrogens (tertiary/aromatic N) is 3. The number of rotatable bonds is 8. The summed E-state index contributed by atoms with van der Waals surface area (Å²) in [7, 11) is 3.93. The summed E-state index contributed by atoms with van der Waals surface area (Å²) in [6.07, 6.45) is 0.892. The van der Waals surface area contributed by atoms with Crippen molar-refractivity contribution < 1.29 is 5.11 Å². The van der Waals surface area contributed by atoms with Crippen molar-refractivity contribution in [2.24, 2.45) is 0 Å². The SMILES string of the molecule is CC(C)NC(C)(CO)CCSc1nnc(N(C)C)s1. The van der Waals surface area contributed by atoms with Gasteiger partial charge in [0.05, 0.1) is 6.61 Å². The van der Waals surface area contributed by atoms with Gasteiger partial charge in [0, 0.05) is 31.4 Å². The van der Waals surface area contributed by atoms with Gasteiger partial charge in [-0.05, 0) is 13.3 Å². The van der Waals surface area contributed by atoms with Gasteiger partial charge >= 0.3 is 0 Å². The molecule has 19 heavy (non-hydrogen) atoms. The highest BCUT2D eigenvalue weighted by Gasteiger charge is 2.23. The van der Waals surface area contributed by atoms with Crippen molar-refractivity contribution in [1.29, 1.82) is 0 Å². The molecule has 1 aromatic heterocycles. The van der Waals surface area contributed by atoms with Gasteiger partial charge in [0.2, 0.25) is 5.13 Å². The molecule has 1 heterocycles. The Kier molecular flexibility index (Phi) is 6.52. The Morgan fingerprint density at radius 2 is 2.11 bits per heavy atom. The van der Waals surface area contributed by atoms with E-state index in [1.54, 1.807) is 23.1 Å². The minimum absolute atomic E-state index is 0.144. The van der Waals surface area contributed by atoms with E-state index < -0.39 is 0 Å². The normalized spacial score (nSPS) is 14.7. The molecule has 0 aliphatic heterocycles. The minimum Gasteiger partial charge on any atom is -0.394 e. The van der Waals surface area contributed by atoms with Crippen molar-refractivity contribution in [1.82, 2.24) is 15.5 Å². The number of thioether (sulfide) groups is 1. The smallest absolute Gasteiger partial charge is 0.208 e. The lowest BCUT2D eigenvalue weighted by molar-refractivity contribution is 0.162. The first kappa shape index (κ1) is 16.7. The van der Waals surface area contributed by atoms with Gasteiger partial charge in [-0.25, -0.2) is 0 Å². The molecule has 5 nitrogen and oxygen atoms in total. The number of nitrogens with one attached hydrogen (secondary N) is 1. The Morgan fingerprint density at radius 1 is 1.42 bits per heavy atom. The molecule has 0 saturated carbocycles. The zero-order valence-corrected chi connectivity index (χ0v) is 13.9. The molecule has 0 fully saturated rings. The van der Waals surface area contributed by atoms with E-state index in [1.165, 1.54) is 0 Å². The van der Waals surface area contributed by atoms with E-state index >= 15 is 0 Å². The predicted octanol–water partition coefficient (Wildman–Crippen LogP) is 1.84. The number of aromatic nitrogens is 2. The lowest BCUT2D eigenvalue weighted by atomic mass is 9.99. The van der Waals surface area contributed by atoms with E-state index in [2.05, 4.69) is 36.3 Å². The average molecular weight is 304 g/mol. The third-order valence-electron chi connectivity index (χ3n) is 2.64. The van der Waals surface area contributed by atoms with Crippen molar-refractivity contribution in [3.05, 3.63) is 0 Å². The minimum atomic E-state index is -0.226. The maximum absolute atomic E-state index is 9.50. The second-order valence-electron chi connectivity index (χ2n) is 5.36. The lowest BCUT2D eigenvalue weighted by Crippen LogP contribution is -2.49. The van der Waals surface area contributed by atoms with Crippen LogP contribution in [0.5, 0.6) is 0 Å². The molecule has 0 amide bonds. The average Bonchev–Trinajstić information content (AvgIpc) is 2.77. The summed E-state index contributed by atoms with van der Waals surface area (Å²) in [6.45, 7) is 6.38. The van der Waals surface area contributed by atoms with Gasteiger partial charge in [-0.3, -0.25) is 0 Å². The fourth-order valence-electron chi connectivity index (χ4n) is 1.70. The summed E-state index contributed by atoms with van der Waals surface area (Å²) >= 11 is 3.29. The monoisotopic (exact) mass is 304 g/mol. The maximum atomic E-state index is 9.50. The van der Waals surface area contributed by atoms with Crippen LogP contribution < -0.4 is 10.2 Å². The van der Waals surface area contributed by atoms with Crippen molar-refractivity contribution >= 4 is 28.2 Å². The van der Waals surface area contributed by atoms with Gasteiger partial charge in [0.15, 0.2) is 4.34 Å². The molecule has 0 aliphatic carbocycles. The van der Waals surface area contributed by atoms with Gasteiger partial charge in [-0.2, -0.15) is 0 Å². The van der Waals surface area contributed by atoms with Crippen LogP contribution >= 0.6 is 23.1 Å². The molecular weight excluding hydrogens is 280 g/mol. The molecule has 0 bridgehead atoms. The topological polar surface area (TPSA) is 61.3 Å². The van der Waals surface area contributed by atoms with Crippen molar-refractivity contribution in [3.8, 4) is 0 Å². The molecule has 0 aromatic carbocycles. The van der Waals surface area contributed by atoms with E-state index in [9.17, 15) is 5.11 Å². The zero-order chi connectivity index (χ0) is 14.5. The standard InChI is InChI=1S/C12H24N4OS2/c1-9(2)13-12(3,8-17)6-7-18-11-15-14-10(19-11)16(4)5/h9,13,17H,6-8H2,1-5H3. The molecule has 1 rings (SSSR count). The quantitative estimate of drug-likeness (QED) is 0.715. The van der Waals surface area contributed by atoms with Crippen molar-refractivity contribution in [3.63, 3.8) is 0 Å². The van der Waals surface area contributed by atoms with E-state index in [1.807, 2.05) is 19.0 Å². The molecule has 7 heteroatoms. The lowest BCUT2D eigenvalue weighted by Gasteiger charge is -2.30. The number of anilines is 1. The van der Waals surface area contributed by atoms with Gasteiger partial charge in [0.1, 0.15) is 0 Å². The summed E-state index contributed by atoms with van der Waals surface area (Å²) in [4.78, 5) is 1.96. The third kappa shape index (κ3) is 5.64. The summed E-state index contributed by atoms with van der Waals surface area (Å²) in [5.74, 6) is 0.916. The molecule has 0 spiro atoms. The molecule has 1 aromatic rings. The highest BCUT2D eigenvalue weighted by Crippen LogP contribution is 2.28. The van der Waals surface area contributed by atoms with Crippen LogP contribution in [-0.2, 0) is 0 Å². The Morgan fingerprint density at radius 3 is 2.58 bits per heavy atom. The number of aliphatic hydroxyl groups is 1. The van der Waals surface area contributed by atoms with Gasteiger partial charge in [0.25, 0.3) is 0 Å². The highest BCUT2D eigenvalue weighted by atomic mass is 32.2. The predicted molar refractivity (Wildman–Crippen MR) is 83.3 cm³/mol. The van der Waals surface area contributed by atoms with Crippen LogP contribution in [0.25, 0.3) is 0 Å². The van der Waals surface area contributed by atoms with E-state index in [4.69, 9.17) is 0 Å².